The molecule has 0 spiro atoms. The van der Waals surface area contributed by atoms with E-state index in [1.165, 1.54) is 0 Å². The lowest BCUT2D eigenvalue weighted by Crippen LogP contribution is -2.03. The van der Waals surface area contributed by atoms with E-state index in [1.54, 1.807) is 6.92 Å². The summed E-state index contributed by atoms with van der Waals surface area (Å²) in [6.07, 6.45) is -3.86. The summed E-state index contributed by atoms with van der Waals surface area (Å²) in [6, 6.07) is 0. The van der Waals surface area contributed by atoms with E-state index in [2.05, 4.69) is 10.2 Å². The van der Waals surface area contributed by atoms with Gasteiger partial charge in [0.25, 0.3) is 0 Å². The van der Waals surface area contributed by atoms with Crippen molar-refractivity contribution < 1.29 is 17.4 Å². The molecule has 14 heavy (non-hydrogen) atoms. The van der Waals surface area contributed by atoms with Gasteiger partial charge >= 0.3 is 6.18 Å². The van der Waals surface area contributed by atoms with Crippen molar-refractivity contribution in [2.45, 2.75) is 23.9 Å². The molecular weight excluding hydrogens is 237 g/mol. The van der Waals surface area contributed by atoms with Crippen LogP contribution in [0.2, 0.25) is 0 Å². The van der Waals surface area contributed by atoms with Gasteiger partial charge in [-0.05, 0) is 6.42 Å². The van der Waals surface area contributed by atoms with Gasteiger partial charge in [0.15, 0.2) is 0 Å². The van der Waals surface area contributed by atoms with Crippen LogP contribution in [-0.2, 0) is 17.0 Å². The predicted molar refractivity (Wildman–Crippen MR) is 46.5 cm³/mol. The molecule has 0 amide bonds. The highest BCUT2D eigenvalue weighted by molar-refractivity contribution is 7.87. The molecule has 0 aliphatic heterocycles. The monoisotopic (exact) mass is 244 g/mol. The van der Waals surface area contributed by atoms with E-state index in [1.807, 2.05) is 0 Å². The van der Waals surface area contributed by atoms with Crippen LogP contribution in [0.1, 0.15) is 18.4 Å². The third kappa shape index (κ3) is 2.74. The van der Waals surface area contributed by atoms with Crippen LogP contribution in [0.15, 0.2) is 4.34 Å². The molecule has 0 aliphatic rings. The van der Waals surface area contributed by atoms with Crippen molar-refractivity contribution in [3.8, 4) is 0 Å². The lowest BCUT2D eigenvalue weighted by Gasteiger charge is -1.97. The molecule has 0 saturated heterocycles. The molecule has 1 aromatic rings. The van der Waals surface area contributed by atoms with Gasteiger partial charge < -0.3 is 0 Å². The van der Waals surface area contributed by atoms with Gasteiger partial charge in [0.1, 0.15) is 0 Å². The van der Waals surface area contributed by atoms with Crippen molar-refractivity contribution in [3.63, 3.8) is 0 Å². The second kappa shape index (κ2) is 4.35. The smallest absolute Gasteiger partial charge is 0.252 e. The lowest BCUT2D eigenvalue weighted by molar-refractivity contribution is -0.138. The van der Waals surface area contributed by atoms with E-state index in [4.69, 9.17) is 0 Å². The highest BCUT2D eigenvalue weighted by Gasteiger charge is 2.36. The maximum absolute atomic E-state index is 12.1. The third-order valence-corrected chi connectivity index (χ3v) is 4.05. The molecule has 0 aliphatic carbocycles. The van der Waals surface area contributed by atoms with E-state index in [-0.39, 0.29) is 4.34 Å². The summed E-state index contributed by atoms with van der Waals surface area (Å²) in [5.41, 5.74) is 0. The van der Waals surface area contributed by atoms with Crippen LogP contribution < -0.4 is 0 Å². The van der Waals surface area contributed by atoms with E-state index >= 15 is 0 Å². The lowest BCUT2D eigenvalue weighted by atomic mass is 10.6. The topological polar surface area (TPSA) is 42.9 Å². The first-order valence-electron chi connectivity index (χ1n) is 3.74. The van der Waals surface area contributed by atoms with E-state index in [0.717, 1.165) is 0 Å². The van der Waals surface area contributed by atoms with Crippen LogP contribution in [0.25, 0.3) is 0 Å². The van der Waals surface area contributed by atoms with Crippen LogP contribution in [0.5, 0.6) is 0 Å². The Bertz CT molecular complexity index is 336. The second-order valence-electron chi connectivity index (χ2n) is 2.42. The Morgan fingerprint density at radius 1 is 1.43 bits per heavy atom. The molecule has 0 radical (unpaired) electrons. The Labute approximate surface area is 84.8 Å². The van der Waals surface area contributed by atoms with Crippen LogP contribution >= 0.6 is 11.3 Å². The van der Waals surface area contributed by atoms with Gasteiger partial charge in [-0.2, -0.15) is 13.2 Å². The third-order valence-electron chi connectivity index (χ3n) is 1.23. The standard InChI is InChI=1S/C6H7F3N2OS2/c1-2-3-14(12)5-11-10-4(13-5)6(7,8)9/h2-3H2,1H3. The number of halogens is 3. The van der Waals surface area contributed by atoms with Gasteiger partial charge in [-0.3, -0.25) is 4.21 Å². The average molecular weight is 244 g/mol. The number of hydrogen-bond acceptors (Lipinski definition) is 4. The normalized spacial score (nSPS) is 14.3. The Hall–Kier alpha value is -0.500. The summed E-state index contributed by atoms with van der Waals surface area (Å²) in [7, 11) is -1.45. The maximum atomic E-state index is 12.1. The van der Waals surface area contributed by atoms with Crippen molar-refractivity contribution in [1.29, 1.82) is 0 Å². The quantitative estimate of drug-likeness (QED) is 0.817. The summed E-state index contributed by atoms with van der Waals surface area (Å²) < 4.78 is 47.4. The van der Waals surface area contributed by atoms with Gasteiger partial charge in [0, 0.05) is 5.75 Å². The first-order chi connectivity index (χ1) is 6.45. The minimum atomic E-state index is -4.49. The first-order valence-corrected chi connectivity index (χ1v) is 5.87. The van der Waals surface area contributed by atoms with E-state index in [0.29, 0.717) is 23.5 Å². The first kappa shape index (κ1) is 11.6. The molecule has 1 atom stereocenters. The summed E-state index contributed by atoms with van der Waals surface area (Å²) in [5.74, 6) is 0.312. The van der Waals surface area contributed by atoms with Crippen LogP contribution in [0, 0.1) is 0 Å². The zero-order valence-corrected chi connectivity index (χ0v) is 8.80. The van der Waals surface area contributed by atoms with Gasteiger partial charge in [-0.25, -0.2) is 0 Å². The van der Waals surface area contributed by atoms with Crippen molar-refractivity contribution in [2.24, 2.45) is 0 Å². The molecule has 1 heterocycles. The Balaban J connectivity index is 2.83. The van der Waals surface area contributed by atoms with Gasteiger partial charge in [0.05, 0.1) is 10.8 Å². The molecule has 8 heteroatoms. The van der Waals surface area contributed by atoms with Crippen LogP contribution in [-0.4, -0.2) is 20.2 Å². The van der Waals surface area contributed by atoms with Crippen molar-refractivity contribution in [2.75, 3.05) is 5.75 Å². The molecule has 0 fully saturated rings. The zero-order chi connectivity index (χ0) is 10.8. The van der Waals surface area contributed by atoms with Gasteiger partial charge in [-0.15, -0.1) is 10.2 Å². The fourth-order valence-electron chi connectivity index (χ4n) is 0.689. The van der Waals surface area contributed by atoms with E-state index in [9.17, 15) is 17.4 Å². The molecule has 1 aromatic heterocycles. The summed E-state index contributed by atoms with van der Waals surface area (Å²) in [6.45, 7) is 1.80. The highest BCUT2D eigenvalue weighted by Crippen LogP contribution is 2.32. The number of nitrogens with zero attached hydrogens (tertiary/aromatic N) is 2. The van der Waals surface area contributed by atoms with E-state index < -0.39 is 22.0 Å². The Kier molecular flexibility index (Phi) is 3.59. The molecule has 0 bridgehead atoms. The molecule has 0 aromatic carbocycles. The molecule has 80 valence electrons. The Morgan fingerprint density at radius 2 is 2.07 bits per heavy atom. The molecule has 1 rings (SSSR count). The van der Waals surface area contributed by atoms with Gasteiger partial charge in [0.2, 0.25) is 9.35 Å². The number of rotatable bonds is 3. The predicted octanol–water partition coefficient (Wildman–Crippen LogP) is 2.07. The number of alkyl halides is 3. The molecule has 1 unspecified atom stereocenters. The maximum Gasteiger partial charge on any atom is 0.445 e. The second-order valence-corrected chi connectivity index (χ2v) is 5.14. The molecular formula is C6H7F3N2OS2. The fraction of sp³-hybridized carbons (Fsp3) is 0.667. The molecule has 0 saturated carbocycles. The number of hydrogen-bond donors (Lipinski definition) is 0. The van der Waals surface area contributed by atoms with Crippen molar-refractivity contribution in [3.05, 3.63) is 5.01 Å². The summed E-state index contributed by atoms with van der Waals surface area (Å²) in [5, 5.41) is 5.15. The zero-order valence-electron chi connectivity index (χ0n) is 7.17. The fourth-order valence-corrected chi connectivity index (χ4v) is 2.67. The van der Waals surface area contributed by atoms with Crippen molar-refractivity contribution in [1.82, 2.24) is 10.2 Å². The Morgan fingerprint density at radius 3 is 2.50 bits per heavy atom. The van der Waals surface area contributed by atoms with Crippen LogP contribution in [0.3, 0.4) is 0 Å². The number of aromatic nitrogens is 2. The largest absolute Gasteiger partial charge is 0.445 e. The average Bonchev–Trinajstić information content (AvgIpc) is 2.51. The summed E-state index contributed by atoms with van der Waals surface area (Å²) in [4.78, 5) is 0. The minimum Gasteiger partial charge on any atom is -0.252 e. The molecule has 0 N–H and O–H groups in total. The minimum absolute atomic E-state index is 0.0563. The summed E-state index contributed by atoms with van der Waals surface area (Å²) >= 11 is 0.340. The van der Waals surface area contributed by atoms with Crippen LogP contribution in [0.4, 0.5) is 13.2 Å². The van der Waals surface area contributed by atoms with Gasteiger partial charge in [-0.1, -0.05) is 18.3 Å². The molecule has 3 nitrogen and oxygen atoms in total. The SMILES string of the molecule is CCCS(=O)c1nnc(C(F)(F)F)s1. The highest BCUT2D eigenvalue weighted by atomic mass is 32.2. The van der Waals surface area contributed by atoms with Crippen molar-refractivity contribution >= 4 is 22.1 Å².